The van der Waals surface area contributed by atoms with Crippen LogP contribution < -0.4 is 5.32 Å². The fourth-order valence-electron chi connectivity index (χ4n) is 2.05. The third kappa shape index (κ3) is 5.69. The molecule has 0 aliphatic rings. The van der Waals surface area contributed by atoms with E-state index in [1.54, 1.807) is 6.92 Å². The van der Waals surface area contributed by atoms with Gasteiger partial charge in [0, 0.05) is 11.1 Å². The number of nitro groups is 1. The molecule has 9 nitrogen and oxygen atoms in total. The summed E-state index contributed by atoms with van der Waals surface area (Å²) in [7, 11) is 1.20. The van der Waals surface area contributed by atoms with E-state index in [4.69, 9.17) is 16.3 Å². The van der Waals surface area contributed by atoms with E-state index in [2.05, 4.69) is 10.1 Å². The summed E-state index contributed by atoms with van der Waals surface area (Å²) in [6.07, 6.45) is 0.608. The minimum atomic E-state index is -1.05. The van der Waals surface area contributed by atoms with Gasteiger partial charge in [0.1, 0.15) is 11.6 Å². The number of nitro benzene ring substituents is 1. The normalized spacial score (nSPS) is 12.6. The van der Waals surface area contributed by atoms with Crippen molar-refractivity contribution in [2.24, 2.45) is 5.92 Å². The van der Waals surface area contributed by atoms with Crippen molar-refractivity contribution in [1.82, 2.24) is 5.32 Å². The Morgan fingerprint density at radius 2 is 2.00 bits per heavy atom. The molecule has 1 N–H and O–H groups in total. The van der Waals surface area contributed by atoms with Crippen LogP contribution in [0.4, 0.5) is 5.69 Å². The van der Waals surface area contributed by atoms with Crippen LogP contribution >= 0.6 is 11.6 Å². The van der Waals surface area contributed by atoms with Gasteiger partial charge in [-0.1, -0.05) is 31.9 Å². The summed E-state index contributed by atoms with van der Waals surface area (Å²) >= 11 is 5.67. The SMILES string of the molecule is CC[C@@H](C)[C@H](NC(=O)COC(=O)c1ccc(Cl)cc1[N+](=O)[O-])C(=O)OC. The number of hydrogen-bond acceptors (Lipinski definition) is 7. The van der Waals surface area contributed by atoms with Crippen molar-refractivity contribution in [3.63, 3.8) is 0 Å². The number of methoxy groups -OCH3 is 1. The Morgan fingerprint density at radius 1 is 1.35 bits per heavy atom. The van der Waals surface area contributed by atoms with Crippen LogP contribution in [0.3, 0.4) is 0 Å². The van der Waals surface area contributed by atoms with Crippen LogP contribution in [-0.4, -0.2) is 42.5 Å². The minimum absolute atomic E-state index is 0.0838. The molecule has 1 aromatic carbocycles. The number of ether oxygens (including phenoxy) is 2. The zero-order valence-corrected chi connectivity index (χ0v) is 15.2. The van der Waals surface area contributed by atoms with Crippen LogP contribution in [0.5, 0.6) is 0 Å². The predicted octanol–water partition coefficient (Wildman–Crippen LogP) is 2.11. The third-order valence-electron chi connectivity index (χ3n) is 3.70. The average Bonchev–Trinajstić information content (AvgIpc) is 2.62. The van der Waals surface area contributed by atoms with Crippen molar-refractivity contribution in [2.45, 2.75) is 26.3 Å². The number of carbonyl (C=O) groups excluding carboxylic acids is 3. The lowest BCUT2D eigenvalue weighted by Crippen LogP contribution is -2.47. The highest BCUT2D eigenvalue weighted by molar-refractivity contribution is 6.31. The van der Waals surface area contributed by atoms with Crippen LogP contribution in [0.15, 0.2) is 18.2 Å². The third-order valence-corrected chi connectivity index (χ3v) is 3.93. The maximum atomic E-state index is 12.0. The van der Waals surface area contributed by atoms with Gasteiger partial charge in [-0.05, 0) is 18.1 Å². The summed E-state index contributed by atoms with van der Waals surface area (Å²) < 4.78 is 9.43. The van der Waals surface area contributed by atoms with Crippen LogP contribution in [0.25, 0.3) is 0 Å². The molecule has 0 fully saturated rings. The van der Waals surface area contributed by atoms with E-state index in [-0.39, 0.29) is 16.5 Å². The number of amides is 1. The molecule has 1 amide bonds. The minimum Gasteiger partial charge on any atom is -0.467 e. The van der Waals surface area contributed by atoms with Gasteiger partial charge < -0.3 is 14.8 Å². The first-order chi connectivity index (χ1) is 12.2. The molecule has 0 radical (unpaired) electrons. The van der Waals surface area contributed by atoms with Gasteiger partial charge in [-0.25, -0.2) is 9.59 Å². The Hall–Kier alpha value is -2.68. The van der Waals surface area contributed by atoms with Crippen molar-refractivity contribution in [3.8, 4) is 0 Å². The summed E-state index contributed by atoms with van der Waals surface area (Å²) in [4.78, 5) is 45.9. The summed E-state index contributed by atoms with van der Waals surface area (Å²) in [5.41, 5.74) is -0.867. The van der Waals surface area contributed by atoms with Crippen molar-refractivity contribution < 1.29 is 28.8 Å². The number of benzene rings is 1. The van der Waals surface area contributed by atoms with E-state index < -0.39 is 41.1 Å². The average molecular weight is 387 g/mol. The molecule has 0 aromatic heterocycles. The summed E-state index contributed by atoms with van der Waals surface area (Å²) in [6, 6.07) is 2.55. The highest BCUT2D eigenvalue weighted by Gasteiger charge is 2.28. The van der Waals surface area contributed by atoms with Gasteiger partial charge >= 0.3 is 11.9 Å². The Morgan fingerprint density at radius 3 is 2.54 bits per heavy atom. The zero-order valence-electron chi connectivity index (χ0n) is 14.5. The van der Waals surface area contributed by atoms with Crippen molar-refractivity contribution in [1.29, 1.82) is 0 Å². The zero-order chi connectivity index (χ0) is 19.9. The van der Waals surface area contributed by atoms with Gasteiger partial charge in [-0.3, -0.25) is 14.9 Å². The number of rotatable bonds is 8. The van der Waals surface area contributed by atoms with Crippen molar-refractivity contribution >= 4 is 35.1 Å². The lowest BCUT2D eigenvalue weighted by Gasteiger charge is -2.21. The highest BCUT2D eigenvalue weighted by atomic mass is 35.5. The molecule has 0 aliphatic carbocycles. The van der Waals surface area contributed by atoms with E-state index >= 15 is 0 Å². The Balaban J connectivity index is 2.77. The summed E-state index contributed by atoms with van der Waals surface area (Å²) in [6.45, 7) is 2.89. The molecule has 142 valence electrons. The summed E-state index contributed by atoms with van der Waals surface area (Å²) in [5, 5.41) is 13.5. The van der Waals surface area contributed by atoms with E-state index in [1.165, 1.54) is 13.2 Å². The van der Waals surface area contributed by atoms with E-state index in [1.807, 2.05) is 6.92 Å². The lowest BCUT2D eigenvalue weighted by molar-refractivity contribution is -0.385. The molecule has 1 rings (SSSR count). The maximum Gasteiger partial charge on any atom is 0.345 e. The standard InChI is InChI=1S/C16H19ClN2O7/c1-4-9(2)14(16(22)25-3)18-13(20)8-26-15(21)11-6-5-10(17)7-12(11)19(23)24/h5-7,9,14H,4,8H2,1-3H3,(H,18,20)/t9-,14+/m1/s1. The number of nitrogens with one attached hydrogen (secondary N) is 1. The first kappa shape index (κ1) is 21.4. The lowest BCUT2D eigenvalue weighted by atomic mass is 9.99. The first-order valence-corrected chi connectivity index (χ1v) is 8.07. The molecule has 10 heteroatoms. The number of hydrogen-bond donors (Lipinski definition) is 1. The highest BCUT2D eigenvalue weighted by Crippen LogP contribution is 2.23. The van der Waals surface area contributed by atoms with E-state index in [0.717, 1.165) is 12.1 Å². The largest absolute Gasteiger partial charge is 0.467 e. The molecule has 0 saturated heterocycles. The van der Waals surface area contributed by atoms with Gasteiger partial charge in [0.05, 0.1) is 12.0 Å². The van der Waals surface area contributed by atoms with Crippen molar-refractivity contribution in [3.05, 3.63) is 38.9 Å². The van der Waals surface area contributed by atoms with E-state index in [0.29, 0.717) is 6.42 Å². The van der Waals surface area contributed by atoms with E-state index in [9.17, 15) is 24.5 Å². The number of halogens is 1. The Kier molecular flexibility index (Phi) is 7.98. The quantitative estimate of drug-likeness (QED) is 0.412. The van der Waals surface area contributed by atoms with Gasteiger partial charge in [-0.2, -0.15) is 0 Å². The predicted molar refractivity (Wildman–Crippen MR) is 91.8 cm³/mol. The van der Waals surface area contributed by atoms with Gasteiger partial charge in [0.15, 0.2) is 6.61 Å². The van der Waals surface area contributed by atoms with Gasteiger partial charge in [-0.15, -0.1) is 0 Å². The van der Waals surface area contributed by atoms with Crippen LogP contribution in [-0.2, 0) is 19.1 Å². The van der Waals surface area contributed by atoms with Gasteiger partial charge in [0.25, 0.3) is 11.6 Å². The molecule has 0 spiro atoms. The monoisotopic (exact) mass is 386 g/mol. The second kappa shape index (κ2) is 9.71. The molecular formula is C16H19ClN2O7. The number of nitrogens with zero attached hydrogens (tertiary/aromatic N) is 1. The summed E-state index contributed by atoms with van der Waals surface area (Å²) in [5.74, 6) is -2.60. The Labute approximate surface area is 154 Å². The topological polar surface area (TPSA) is 125 Å². The fourth-order valence-corrected chi connectivity index (χ4v) is 2.21. The van der Waals surface area contributed by atoms with Crippen LogP contribution in [0, 0.1) is 16.0 Å². The van der Waals surface area contributed by atoms with Crippen LogP contribution in [0.2, 0.25) is 5.02 Å². The first-order valence-electron chi connectivity index (χ1n) is 7.69. The molecule has 2 atom stereocenters. The number of esters is 2. The second-order valence-electron chi connectivity index (χ2n) is 5.45. The molecular weight excluding hydrogens is 368 g/mol. The smallest absolute Gasteiger partial charge is 0.345 e. The second-order valence-corrected chi connectivity index (χ2v) is 5.89. The fraction of sp³-hybridized carbons (Fsp3) is 0.438. The maximum absolute atomic E-state index is 12.0. The molecule has 0 bridgehead atoms. The molecule has 0 aliphatic heterocycles. The number of carbonyl (C=O) groups is 3. The Bertz CT molecular complexity index is 708. The molecule has 0 heterocycles. The van der Waals surface area contributed by atoms with Gasteiger partial charge in [0.2, 0.25) is 0 Å². The molecule has 0 saturated carbocycles. The molecule has 0 unspecified atom stereocenters. The van der Waals surface area contributed by atoms with Crippen molar-refractivity contribution in [2.75, 3.05) is 13.7 Å². The molecule has 1 aromatic rings. The van der Waals surface area contributed by atoms with Crippen LogP contribution in [0.1, 0.15) is 30.6 Å². The molecule has 26 heavy (non-hydrogen) atoms.